The van der Waals surface area contributed by atoms with Gasteiger partial charge in [-0.25, -0.2) is 9.78 Å². The van der Waals surface area contributed by atoms with Crippen molar-refractivity contribution < 1.29 is 19.1 Å². The van der Waals surface area contributed by atoms with Crippen LogP contribution < -0.4 is 5.32 Å². The molecule has 0 spiro atoms. The van der Waals surface area contributed by atoms with Crippen molar-refractivity contribution in [3.63, 3.8) is 0 Å². The van der Waals surface area contributed by atoms with Crippen LogP contribution in [0, 0.1) is 0 Å². The van der Waals surface area contributed by atoms with Crippen molar-refractivity contribution in [1.82, 2.24) is 10.3 Å². The van der Waals surface area contributed by atoms with Crippen LogP contribution in [0.5, 0.6) is 0 Å². The maximum absolute atomic E-state index is 12.8. The number of thiazole rings is 1. The van der Waals surface area contributed by atoms with Crippen LogP contribution in [0.1, 0.15) is 73.2 Å². The van der Waals surface area contributed by atoms with E-state index in [-0.39, 0.29) is 11.9 Å². The minimum atomic E-state index is -0.939. The molecule has 1 saturated carbocycles. The molecule has 0 atom stereocenters. The molecule has 0 unspecified atom stereocenters. The Morgan fingerprint density at radius 1 is 1.24 bits per heavy atom. The van der Waals surface area contributed by atoms with Crippen LogP contribution in [-0.2, 0) is 27.3 Å². The molecule has 1 aliphatic carbocycles. The molecule has 1 fully saturated rings. The predicted molar refractivity (Wildman–Crippen MR) is 94.6 cm³/mol. The van der Waals surface area contributed by atoms with E-state index < -0.39 is 11.1 Å². The van der Waals surface area contributed by atoms with Gasteiger partial charge in [0.05, 0.1) is 23.8 Å². The van der Waals surface area contributed by atoms with Crippen LogP contribution >= 0.6 is 11.3 Å². The van der Waals surface area contributed by atoms with Crippen LogP contribution in [0.25, 0.3) is 0 Å². The van der Waals surface area contributed by atoms with E-state index >= 15 is 0 Å². The molecule has 0 bridgehead atoms. The Morgan fingerprint density at radius 3 is 2.60 bits per heavy atom. The molecule has 6 nitrogen and oxygen atoms in total. The Hall–Kier alpha value is -1.47. The normalized spacial score (nSPS) is 19.8. The zero-order chi connectivity index (χ0) is 18.1. The third kappa shape index (κ3) is 4.20. The monoisotopic (exact) mass is 366 g/mol. The number of esters is 1. The van der Waals surface area contributed by atoms with Gasteiger partial charge in [-0.05, 0) is 33.6 Å². The number of nitrogens with zero attached hydrogens (tertiary/aromatic N) is 1. The van der Waals surface area contributed by atoms with Gasteiger partial charge < -0.3 is 14.8 Å². The maximum atomic E-state index is 12.8. The van der Waals surface area contributed by atoms with Crippen molar-refractivity contribution in [2.24, 2.45) is 0 Å². The molecular formula is C18H26N2O4S. The molecule has 25 heavy (non-hydrogen) atoms. The molecule has 2 heterocycles. The van der Waals surface area contributed by atoms with Crippen LogP contribution in [0.15, 0.2) is 0 Å². The molecule has 0 aromatic carbocycles. The lowest BCUT2D eigenvalue weighted by molar-refractivity contribution is -0.164. The summed E-state index contributed by atoms with van der Waals surface area (Å²) in [5, 5.41) is 3.38. The van der Waals surface area contributed by atoms with Crippen LogP contribution in [0.2, 0.25) is 0 Å². The zero-order valence-corrected chi connectivity index (χ0v) is 16.0. The Morgan fingerprint density at radius 2 is 1.96 bits per heavy atom. The number of nitrogens with one attached hydrogen (secondary N) is 1. The summed E-state index contributed by atoms with van der Waals surface area (Å²) in [5.41, 5.74) is -0.578. The van der Waals surface area contributed by atoms with Gasteiger partial charge in [-0.2, -0.15) is 0 Å². The SMILES string of the molecule is CC(C)(C)OC(=O)C1(NC(=O)c2nc3c(s2)COCC3)CCCCC1. The van der Waals surface area contributed by atoms with Gasteiger partial charge >= 0.3 is 5.97 Å². The molecule has 1 amide bonds. The zero-order valence-electron chi connectivity index (χ0n) is 15.1. The largest absolute Gasteiger partial charge is 0.458 e. The highest BCUT2D eigenvalue weighted by molar-refractivity contribution is 7.13. The fourth-order valence-corrected chi connectivity index (χ4v) is 4.25. The molecule has 7 heteroatoms. The highest BCUT2D eigenvalue weighted by Gasteiger charge is 2.44. The van der Waals surface area contributed by atoms with Gasteiger partial charge in [-0.1, -0.05) is 19.3 Å². The summed E-state index contributed by atoms with van der Waals surface area (Å²) < 4.78 is 11.0. The van der Waals surface area contributed by atoms with Crippen LogP contribution in [0.4, 0.5) is 0 Å². The van der Waals surface area contributed by atoms with E-state index in [1.807, 2.05) is 20.8 Å². The molecule has 138 valence electrons. The lowest BCUT2D eigenvalue weighted by atomic mass is 9.81. The summed E-state index contributed by atoms with van der Waals surface area (Å²) in [6, 6.07) is 0. The Balaban J connectivity index is 1.79. The summed E-state index contributed by atoms with van der Waals surface area (Å²) in [4.78, 5) is 31.1. The quantitative estimate of drug-likeness (QED) is 0.832. The summed E-state index contributed by atoms with van der Waals surface area (Å²) >= 11 is 1.36. The minimum Gasteiger partial charge on any atom is -0.458 e. The van der Waals surface area contributed by atoms with Crippen LogP contribution in [-0.4, -0.2) is 34.6 Å². The first-order chi connectivity index (χ1) is 11.8. The highest BCUT2D eigenvalue weighted by Crippen LogP contribution is 2.32. The molecule has 0 radical (unpaired) electrons. The number of ether oxygens (including phenoxy) is 2. The number of amides is 1. The van der Waals surface area contributed by atoms with Crippen molar-refractivity contribution in [2.45, 2.75) is 77.0 Å². The second-order valence-corrected chi connectivity index (χ2v) is 8.87. The Labute approximate surface area is 152 Å². The number of fused-ring (bicyclic) bond motifs is 1. The Kier molecular flexibility index (Phi) is 5.16. The lowest BCUT2D eigenvalue weighted by Crippen LogP contribution is -2.57. The standard InChI is InChI=1S/C18H26N2O4S/c1-17(2,3)24-16(22)18(8-5-4-6-9-18)20-14(21)15-19-12-7-10-23-11-13(12)25-15/h4-11H2,1-3H3,(H,20,21). The Bertz CT molecular complexity index is 633. The first-order valence-corrected chi connectivity index (χ1v) is 9.73. The van der Waals surface area contributed by atoms with E-state index in [0.29, 0.717) is 31.1 Å². The number of hydrogen-bond donors (Lipinski definition) is 1. The highest BCUT2D eigenvalue weighted by atomic mass is 32.1. The molecule has 1 aromatic heterocycles. The van der Waals surface area contributed by atoms with Gasteiger partial charge in [-0.15, -0.1) is 11.3 Å². The molecular weight excluding hydrogens is 340 g/mol. The van der Waals surface area contributed by atoms with Crippen molar-refractivity contribution >= 4 is 23.2 Å². The fraction of sp³-hybridized carbons (Fsp3) is 0.722. The number of aromatic nitrogens is 1. The fourth-order valence-electron chi connectivity index (χ4n) is 3.30. The number of hydrogen-bond acceptors (Lipinski definition) is 6. The minimum absolute atomic E-state index is 0.285. The predicted octanol–water partition coefficient (Wildman–Crippen LogP) is 2.99. The van der Waals surface area contributed by atoms with E-state index in [9.17, 15) is 9.59 Å². The second-order valence-electron chi connectivity index (χ2n) is 7.79. The van der Waals surface area contributed by atoms with E-state index in [0.717, 1.165) is 36.3 Å². The first kappa shape index (κ1) is 18.3. The summed E-state index contributed by atoms with van der Waals surface area (Å²) in [6.07, 6.45) is 4.84. The average molecular weight is 366 g/mol. The first-order valence-electron chi connectivity index (χ1n) is 8.91. The van der Waals surface area contributed by atoms with Crippen molar-refractivity contribution in [1.29, 1.82) is 0 Å². The third-order valence-electron chi connectivity index (χ3n) is 4.54. The summed E-state index contributed by atoms with van der Waals surface area (Å²) in [5.74, 6) is -0.620. The molecule has 1 aliphatic heterocycles. The third-order valence-corrected chi connectivity index (χ3v) is 5.61. The molecule has 2 aliphatic rings. The van der Waals surface area contributed by atoms with Gasteiger partial charge in [0.1, 0.15) is 11.1 Å². The average Bonchev–Trinajstić information content (AvgIpc) is 2.98. The number of carbonyl (C=O) groups excluding carboxylic acids is 2. The van der Waals surface area contributed by atoms with E-state index in [1.165, 1.54) is 11.3 Å². The van der Waals surface area contributed by atoms with Crippen molar-refractivity contribution in [2.75, 3.05) is 6.61 Å². The number of rotatable bonds is 3. The topological polar surface area (TPSA) is 77.5 Å². The second kappa shape index (κ2) is 7.03. The summed E-state index contributed by atoms with van der Waals surface area (Å²) in [6.45, 7) is 6.69. The maximum Gasteiger partial charge on any atom is 0.332 e. The van der Waals surface area contributed by atoms with E-state index in [1.54, 1.807) is 0 Å². The molecule has 1 N–H and O–H groups in total. The smallest absolute Gasteiger partial charge is 0.332 e. The van der Waals surface area contributed by atoms with Crippen molar-refractivity contribution in [3.05, 3.63) is 15.6 Å². The number of carbonyl (C=O) groups is 2. The van der Waals surface area contributed by atoms with Crippen LogP contribution in [0.3, 0.4) is 0 Å². The molecule has 3 rings (SSSR count). The van der Waals surface area contributed by atoms with E-state index in [4.69, 9.17) is 9.47 Å². The van der Waals surface area contributed by atoms with Crippen molar-refractivity contribution in [3.8, 4) is 0 Å². The van der Waals surface area contributed by atoms with Gasteiger partial charge in [0.25, 0.3) is 5.91 Å². The van der Waals surface area contributed by atoms with Gasteiger partial charge in [0, 0.05) is 6.42 Å². The van der Waals surface area contributed by atoms with E-state index in [2.05, 4.69) is 10.3 Å². The van der Waals surface area contributed by atoms with Gasteiger partial charge in [0.2, 0.25) is 0 Å². The molecule has 0 saturated heterocycles. The van der Waals surface area contributed by atoms with Gasteiger partial charge in [-0.3, -0.25) is 4.79 Å². The summed E-state index contributed by atoms with van der Waals surface area (Å²) in [7, 11) is 0. The lowest BCUT2D eigenvalue weighted by Gasteiger charge is -2.37. The van der Waals surface area contributed by atoms with Gasteiger partial charge in [0.15, 0.2) is 5.01 Å². The molecule has 1 aromatic rings.